The lowest BCUT2D eigenvalue weighted by molar-refractivity contribution is 0.0371. The summed E-state index contributed by atoms with van der Waals surface area (Å²) in [5.41, 5.74) is 1.65. The van der Waals surface area contributed by atoms with Crippen LogP contribution in [0.5, 0.6) is 0 Å². The number of hydrogen-bond acceptors (Lipinski definition) is 3. The molecule has 4 nitrogen and oxygen atoms in total. The van der Waals surface area contributed by atoms with E-state index >= 15 is 0 Å². The minimum absolute atomic E-state index is 0.155. The van der Waals surface area contributed by atoms with Crippen LogP contribution in [-0.2, 0) is 4.74 Å². The lowest BCUT2D eigenvalue weighted by Gasteiger charge is -2.25. The molecule has 1 saturated heterocycles. The monoisotopic (exact) mass is 243 g/mol. The molecule has 2 aromatic rings. The van der Waals surface area contributed by atoms with Gasteiger partial charge in [0.15, 0.2) is 5.78 Å². The van der Waals surface area contributed by atoms with E-state index in [4.69, 9.17) is 4.74 Å². The van der Waals surface area contributed by atoms with Gasteiger partial charge in [-0.15, -0.1) is 0 Å². The zero-order valence-electron chi connectivity index (χ0n) is 10.1. The number of aromatic nitrogens is 1. The predicted molar refractivity (Wildman–Crippen MR) is 68.7 cm³/mol. The van der Waals surface area contributed by atoms with Crippen LogP contribution in [0.3, 0.4) is 0 Å². The first-order valence-electron chi connectivity index (χ1n) is 6.16. The Hall–Kier alpha value is -1.65. The van der Waals surface area contributed by atoms with Gasteiger partial charge in [0.1, 0.15) is 0 Å². The number of ketones is 1. The van der Waals surface area contributed by atoms with Crippen LogP contribution < -0.4 is 0 Å². The minimum Gasteiger partial charge on any atom is -0.379 e. The number of Topliss-reactive ketones (excluding diaryl/α,β-unsaturated/α-hetero) is 1. The molecular formula is C14H15N2O2. The third-order valence-corrected chi connectivity index (χ3v) is 3.28. The number of carbonyl (C=O) groups excluding carboxylic acids is 1. The third kappa shape index (κ3) is 2.17. The molecule has 1 N–H and O–H groups in total. The SMILES string of the molecule is O=C(CN1CCOCC1)c1c[nH]c2[c]cccc12. The lowest BCUT2D eigenvalue weighted by Crippen LogP contribution is -2.39. The van der Waals surface area contributed by atoms with Crippen LogP contribution in [0.25, 0.3) is 10.9 Å². The van der Waals surface area contributed by atoms with Crippen LogP contribution in [0, 0.1) is 6.07 Å². The molecule has 1 aliphatic heterocycles. The predicted octanol–water partition coefficient (Wildman–Crippen LogP) is 1.48. The molecule has 1 fully saturated rings. The van der Waals surface area contributed by atoms with Crippen molar-refractivity contribution < 1.29 is 9.53 Å². The Labute approximate surface area is 106 Å². The molecule has 93 valence electrons. The number of nitrogens with zero attached hydrogens (tertiary/aromatic N) is 1. The van der Waals surface area contributed by atoms with Crippen molar-refractivity contribution in [3.8, 4) is 0 Å². The van der Waals surface area contributed by atoms with Crippen molar-refractivity contribution in [2.24, 2.45) is 0 Å². The van der Waals surface area contributed by atoms with E-state index in [0.717, 1.165) is 42.8 Å². The number of fused-ring (bicyclic) bond motifs is 1. The highest BCUT2D eigenvalue weighted by Gasteiger charge is 2.17. The Morgan fingerprint density at radius 1 is 1.44 bits per heavy atom. The lowest BCUT2D eigenvalue weighted by atomic mass is 10.1. The van der Waals surface area contributed by atoms with Gasteiger partial charge in [0, 0.05) is 36.3 Å². The normalized spacial score (nSPS) is 17.1. The number of H-pyrrole nitrogens is 1. The first-order valence-corrected chi connectivity index (χ1v) is 6.16. The molecule has 0 amide bonds. The van der Waals surface area contributed by atoms with Gasteiger partial charge < -0.3 is 9.72 Å². The largest absolute Gasteiger partial charge is 0.379 e. The second-order valence-corrected chi connectivity index (χ2v) is 4.47. The minimum atomic E-state index is 0.155. The Bertz CT molecular complexity index is 556. The Kier molecular flexibility index (Phi) is 3.13. The van der Waals surface area contributed by atoms with Crippen LogP contribution in [0.1, 0.15) is 10.4 Å². The number of hydrogen-bond donors (Lipinski definition) is 1. The van der Waals surface area contributed by atoms with E-state index in [0.29, 0.717) is 6.54 Å². The number of para-hydroxylation sites is 1. The second-order valence-electron chi connectivity index (χ2n) is 4.47. The number of carbonyl (C=O) groups is 1. The molecular weight excluding hydrogens is 228 g/mol. The average Bonchev–Trinajstić information content (AvgIpc) is 2.84. The van der Waals surface area contributed by atoms with Gasteiger partial charge in [0.2, 0.25) is 0 Å². The number of aromatic amines is 1. The summed E-state index contributed by atoms with van der Waals surface area (Å²) in [6, 6.07) is 8.79. The van der Waals surface area contributed by atoms with Crippen LogP contribution in [-0.4, -0.2) is 48.5 Å². The van der Waals surface area contributed by atoms with Crippen molar-refractivity contribution in [1.29, 1.82) is 0 Å². The maximum atomic E-state index is 12.3. The van der Waals surface area contributed by atoms with Gasteiger partial charge in [-0.1, -0.05) is 18.2 Å². The van der Waals surface area contributed by atoms with Crippen molar-refractivity contribution in [1.82, 2.24) is 9.88 Å². The van der Waals surface area contributed by atoms with Crippen LogP contribution in [0.2, 0.25) is 0 Å². The number of morpholine rings is 1. The summed E-state index contributed by atoms with van der Waals surface area (Å²) in [7, 11) is 0. The fraction of sp³-hybridized carbons (Fsp3) is 0.357. The standard InChI is InChI=1S/C14H15N2O2/c17-14(10-16-5-7-18-8-6-16)12-9-15-13-4-2-1-3-11(12)13/h1-3,9,15H,5-8,10H2. The van der Waals surface area contributed by atoms with Gasteiger partial charge in [-0.05, 0) is 0 Å². The fourth-order valence-corrected chi connectivity index (χ4v) is 2.28. The molecule has 3 rings (SSSR count). The molecule has 1 aromatic heterocycles. The summed E-state index contributed by atoms with van der Waals surface area (Å²) < 4.78 is 5.28. The van der Waals surface area contributed by atoms with Gasteiger partial charge in [0.05, 0.1) is 25.3 Å². The fourth-order valence-electron chi connectivity index (χ4n) is 2.28. The summed E-state index contributed by atoms with van der Waals surface area (Å²) in [6.07, 6.45) is 1.78. The van der Waals surface area contributed by atoms with Crippen molar-refractivity contribution in [3.05, 3.63) is 36.0 Å². The molecule has 18 heavy (non-hydrogen) atoms. The van der Waals surface area contributed by atoms with E-state index in [9.17, 15) is 4.79 Å². The van der Waals surface area contributed by atoms with Crippen molar-refractivity contribution >= 4 is 16.7 Å². The number of benzene rings is 1. The summed E-state index contributed by atoms with van der Waals surface area (Å²) >= 11 is 0. The van der Waals surface area contributed by atoms with Crippen LogP contribution >= 0.6 is 0 Å². The van der Waals surface area contributed by atoms with Crippen molar-refractivity contribution in [3.63, 3.8) is 0 Å². The molecule has 0 atom stereocenters. The maximum Gasteiger partial charge on any atom is 0.178 e. The maximum absolute atomic E-state index is 12.3. The molecule has 0 bridgehead atoms. The molecule has 1 aliphatic rings. The topological polar surface area (TPSA) is 45.3 Å². The summed E-state index contributed by atoms with van der Waals surface area (Å²) in [5.74, 6) is 0.155. The molecule has 1 radical (unpaired) electrons. The zero-order chi connectivity index (χ0) is 12.4. The number of rotatable bonds is 3. The van der Waals surface area contributed by atoms with E-state index in [2.05, 4.69) is 16.0 Å². The molecule has 2 heterocycles. The molecule has 1 aromatic carbocycles. The zero-order valence-corrected chi connectivity index (χ0v) is 10.1. The Morgan fingerprint density at radius 2 is 2.28 bits per heavy atom. The molecule has 0 unspecified atom stereocenters. The van der Waals surface area contributed by atoms with E-state index < -0.39 is 0 Å². The summed E-state index contributed by atoms with van der Waals surface area (Å²) in [4.78, 5) is 17.5. The molecule has 0 aliphatic carbocycles. The van der Waals surface area contributed by atoms with Gasteiger partial charge in [0.25, 0.3) is 0 Å². The highest BCUT2D eigenvalue weighted by Crippen LogP contribution is 2.18. The van der Waals surface area contributed by atoms with Crippen molar-refractivity contribution in [2.45, 2.75) is 0 Å². The first kappa shape index (κ1) is 11.4. The van der Waals surface area contributed by atoms with E-state index in [-0.39, 0.29) is 5.78 Å². The van der Waals surface area contributed by atoms with Crippen LogP contribution in [0.4, 0.5) is 0 Å². The molecule has 0 saturated carbocycles. The van der Waals surface area contributed by atoms with E-state index in [1.54, 1.807) is 6.20 Å². The highest BCUT2D eigenvalue weighted by molar-refractivity contribution is 6.08. The Morgan fingerprint density at radius 3 is 3.11 bits per heavy atom. The first-order chi connectivity index (χ1) is 8.84. The van der Waals surface area contributed by atoms with Crippen molar-refractivity contribution in [2.75, 3.05) is 32.8 Å². The quantitative estimate of drug-likeness (QED) is 0.831. The number of ether oxygens (including phenoxy) is 1. The van der Waals surface area contributed by atoms with E-state index in [1.165, 1.54) is 0 Å². The number of nitrogens with one attached hydrogen (secondary N) is 1. The molecule has 4 heteroatoms. The van der Waals surface area contributed by atoms with E-state index in [1.807, 2.05) is 18.2 Å². The van der Waals surface area contributed by atoms with Gasteiger partial charge >= 0.3 is 0 Å². The van der Waals surface area contributed by atoms with Gasteiger partial charge in [-0.2, -0.15) is 0 Å². The van der Waals surface area contributed by atoms with Crippen LogP contribution in [0.15, 0.2) is 24.4 Å². The van der Waals surface area contributed by atoms with Gasteiger partial charge in [-0.25, -0.2) is 0 Å². The second kappa shape index (κ2) is 4.92. The highest BCUT2D eigenvalue weighted by atomic mass is 16.5. The Balaban J connectivity index is 1.79. The smallest absolute Gasteiger partial charge is 0.178 e. The average molecular weight is 243 g/mol. The summed E-state index contributed by atoms with van der Waals surface area (Å²) in [6.45, 7) is 3.57. The molecule has 0 spiro atoms. The third-order valence-electron chi connectivity index (χ3n) is 3.28. The van der Waals surface area contributed by atoms with Gasteiger partial charge in [-0.3, -0.25) is 9.69 Å². The summed E-state index contributed by atoms with van der Waals surface area (Å²) in [5, 5.41) is 0.954.